The molecule has 5 nitrogen and oxygen atoms in total. The van der Waals surface area contributed by atoms with Gasteiger partial charge < -0.3 is 9.47 Å². The Balaban J connectivity index is 1.40. The van der Waals surface area contributed by atoms with Crippen LogP contribution in [0.25, 0.3) is 16.5 Å². The summed E-state index contributed by atoms with van der Waals surface area (Å²) in [5.41, 5.74) is 3.84. The average Bonchev–Trinajstić information content (AvgIpc) is 3.45. The summed E-state index contributed by atoms with van der Waals surface area (Å²) in [6.07, 6.45) is 1.97. The van der Waals surface area contributed by atoms with E-state index in [1.165, 1.54) is 12.1 Å². The van der Waals surface area contributed by atoms with Crippen LogP contribution in [-0.2, 0) is 4.79 Å². The van der Waals surface area contributed by atoms with Gasteiger partial charge in [0, 0.05) is 17.8 Å². The van der Waals surface area contributed by atoms with E-state index in [0.717, 1.165) is 33.4 Å². The monoisotopic (exact) mass is 517 g/mol. The molecule has 0 radical (unpaired) electrons. The molecule has 1 aliphatic heterocycles. The molecule has 0 aliphatic carbocycles. The zero-order valence-corrected chi connectivity index (χ0v) is 21.8. The topological polar surface area (TPSA) is 45.6 Å². The molecule has 0 saturated heterocycles. The molecule has 1 atom stereocenters. The molecule has 0 fully saturated rings. The van der Waals surface area contributed by atoms with Crippen LogP contribution in [0.5, 0.6) is 0 Å². The molecule has 0 saturated carbocycles. The van der Waals surface area contributed by atoms with Gasteiger partial charge in [-0.15, -0.1) is 0 Å². The lowest BCUT2D eigenvalue weighted by molar-refractivity contribution is -0.120. The van der Waals surface area contributed by atoms with Crippen molar-refractivity contribution in [2.24, 2.45) is 0 Å². The number of hydrogen-bond acceptors (Lipinski definition) is 2. The second-order valence-electron chi connectivity index (χ2n) is 10.1. The average molecular weight is 518 g/mol. The second-order valence-corrected chi connectivity index (χ2v) is 10.1. The van der Waals surface area contributed by atoms with Crippen molar-refractivity contribution in [3.05, 3.63) is 132 Å². The van der Waals surface area contributed by atoms with Crippen LogP contribution in [0.4, 0.5) is 10.1 Å². The summed E-state index contributed by atoms with van der Waals surface area (Å²) in [6, 6.07) is 30.7. The summed E-state index contributed by atoms with van der Waals surface area (Å²) < 4.78 is 15.9. The van der Waals surface area contributed by atoms with Crippen molar-refractivity contribution >= 4 is 28.3 Å². The number of carbonyl (C=O) groups excluding carboxylic acids is 2. The van der Waals surface area contributed by atoms with Gasteiger partial charge in [-0.3, -0.25) is 14.5 Å². The molecule has 1 unspecified atom stereocenters. The third kappa shape index (κ3) is 4.38. The Morgan fingerprint density at radius 1 is 0.821 bits per heavy atom. The second kappa shape index (κ2) is 9.87. The van der Waals surface area contributed by atoms with Crippen LogP contribution in [0.2, 0.25) is 0 Å². The van der Waals surface area contributed by atoms with E-state index in [9.17, 15) is 14.0 Å². The molecule has 0 N–H and O–H groups in total. The van der Waals surface area contributed by atoms with Crippen LogP contribution in [0.15, 0.2) is 109 Å². The molecule has 39 heavy (non-hydrogen) atoms. The number of amides is 2. The van der Waals surface area contributed by atoms with Crippen molar-refractivity contribution in [3.8, 4) is 5.69 Å². The van der Waals surface area contributed by atoms with Crippen molar-refractivity contribution in [1.29, 1.82) is 0 Å². The van der Waals surface area contributed by atoms with Gasteiger partial charge in [0.25, 0.3) is 5.91 Å². The highest BCUT2D eigenvalue weighted by Gasteiger charge is 2.37. The van der Waals surface area contributed by atoms with Gasteiger partial charge in [0.15, 0.2) is 0 Å². The fourth-order valence-electron chi connectivity index (χ4n) is 5.42. The Labute approximate surface area is 226 Å². The Bertz CT molecular complexity index is 1690. The number of anilines is 1. The van der Waals surface area contributed by atoms with Crippen LogP contribution in [-0.4, -0.2) is 33.9 Å². The van der Waals surface area contributed by atoms with Crippen molar-refractivity contribution in [1.82, 2.24) is 9.47 Å². The normalized spacial score (nSPS) is 14.3. The van der Waals surface area contributed by atoms with Gasteiger partial charge in [0.2, 0.25) is 5.91 Å². The largest absolute Gasteiger partial charge is 0.327 e. The predicted molar refractivity (Wildman–Crippen MR) is 152 cm³/mol. The van der Waals surface area contributed by atoms with Crippen molar-refractivity contribution in [2.45, 2.75) is 25.9 Å². The minimum atomic E-state index is -0.479. The molecule has 6 heteroatoms. The number of nitrogens with zero attached hydrogens (tertiary/aromatic N) is 3. The highest BCUT2D eigenvalue weighted by molar-refractivity contribution is 6.04. The summed E-state index contributed by atoms with van der Waals surface area (Å²) >= 11 is 0. The lowest BCUT2D eigenvalue weighted by Crippen LogP contribution is -2.48. The van der Waals surface area contributed by atoms with Gasteiger partial charge in [-0.1, -0.05) is 54.6 Å². The molecule has 0 bridgehead atoms. The molecule has 0 spiro atoms. The van der Waals surface area contributed by atoms with Crippen LogP contribution in [0, 0.1) is 5.82 Å². The smallest absolute Gasteiger partial charge is 0.254 e. The van der Waals surface area contributed by atoms with Crippen LogP contribution < -0.4 is 4.90 Å². The summed E-state index contributed by atoms with van der Waals surface area (Å²) in [6.45, 7) is 3.73. The van der Waals surface area contributed by atoms with E-state index in [-0.39, 0.29) is 30.2 Å². The number of halogens is 1. The van der Waals surface area contributed by atoms with Gasteiger partial charge in [0.05, 0.1) is 17.1 Å². The minimum Gasteiger partial charge on any atom is -0.327 e. The van der Waals surface area contributed by atoms with E-state index < -0.39 is 6.04 Å². The maximum Gasteiger partial charge on any atom is 0.254 e. The fraction of sp³-hybridized carbons (Fsp3) is 0.152. The van der Waals surface area contributed by atoms with E-state index in [0.29, 0.717) is 5.56 Å². The van der Waals surface area contributed by atoms with Crippen molar-refractivity contribution in [2.75, 3.05) is 11.4 Å². The zero-order chi connectivity index (χ0) is 27.1. The van der Waals surface area contributed by atoms with Crippen LogP contribution >= 0.6 is 0 Å². The number of hydrogen-bond donors (Lipinski definition) is 0. The van der Waals surface area contributed by atoms with Gasteiger partial charge >= 0.3 is 0 Å². The van der Waals surface area contributed by atoms with Crippen molar-refractivity contribution < 1.29 is 14.0 Å². The fourth-order valence-corrected chi connectivity index (χ4v) is 5.42. The van der Waals surface area contributed by atoms with E-state index >= 15 is 0 Å². The molecule has 2 heterocycles. The SMILES string of the molecule is CC(C)N(CC(=O)N1c2ccccc2-n2cccc2C1c1ccc(F)cc1)C(=O)c1ccc2ccccc2c1. The van der Waals surface area contributed by atoms with Crippen molar-refractivity contribution in [3.63, 3.8) is 0 Å². The summed E-state index contributed by atoms with van der Waals surface area (Å²) in [4.78, 5) is 31.4. The number of aromatic nitrogens is 1. The standard InChI is InChI=1S/C33H28FN3O2/c1-22(2)36(33(39)26-14-13-23-8-3-4-9-25(23)20-26)21-31(38)37-29-11-6-5-10-28(29)35-19-7-12-30(35)32(37)24-15-17-27(34)18-16-24/h3-20,22,32H,21H2,1-2H3. The van der Waals surface area contributed by atoms with Crippen LogP contribution in [0.1, 0.15) is 41.5 Å². The molecular formula is C33H28FN3O2. The van der Waals surface area contributed by atoms with E-state index in [4.69, 9.17) is 0 Å². The third-order valence-corrected chi connectivity index (χ3v) is 7.36. The molecule has 194 valence electrons. The Kier molecular flexibility index (Phi) is 6.23. The predicted octanol–water partition coefficient (Wildman–Crippen LogP) is 6.76. The maximum atomic E-state index is 14.3. The molecule has 1 aromatic heterocycles. The van der Waals surface area contributed by atoms with Crippen LogP contribution in [0.3, 0.4) is 0 Å². The Hall–Kier alpha value is -4.71. The van der Waals surface area contributed by atoms with E-state index in [1.54, 1.807) is 21.9 Å². The quantitative estimate of drug-likeness (QED) is 0.259. The van der Waals surface area contributed by atoms with Gasteiger partial charge in [-0.2, -0.15) is 0 Å². The number of para-hydroxylation sites is 2. The Morgan fingerprint density at radius 2 is 1.51 bits per heavy atom. The lowest BCUT2D eigenvalue weighted by atomic mass is 9.97. The first-order chi connectivity index (χ1) is 18.9. The first kappa shape index (κ1) is 24.6. The van der Waals surface area contributed by atoms with E-state index in [2.05, 4.69) is 4.57 Å². The molecular weight excluding hydrogens is 489 g/mol. The minimum absolute atomic E-state index is 0.101. The molecule has 6 rings (SSSR count). The summed E-state index contributed by atoms with van der Waals surface area (Å²) in [5, 5.41) is 2.02. The summed E-state index contributed by atoms with van der Waals surface area (Å²) in [7, 11) is 0. The first-order valence-electron chi connectivity index (χ1n) is 13.1. The maximum absolute atomic E-state index is 14.3. The number of benzene rings is 4. The molecule has 4 aromatic carbocycles. The number of carbonyl (C=O) groups is 2. The zero-order valence-electron chi connectivity index (χ0n) is 21.8. The summed E-state index contributed by atoms with van der Waals surface area (Å²) in [5.74, 6) is -0.752. The molecule has 2 amide bonds. The van der Waals surface area contributed by atoms with E-state index in [1.807, 2.05) is 98.9 Å². The first-order valence-corrected chi connectivity index (χ1v) is 13.1. The number of rotatable bonds is 5. The Morgan fingerprint density at radius 3 is 2.26 bits per heavy atom. The molecule has 5 aromatic rings. The lowest BCUT2D eigenvalue weighted by Gasteiger charge is -2.40. The van der Waals surface area contributed by atoms with Gasteiger partial charge in [0.1, 0.15) is 18.4 Å². The third-order valence-electron chi connectivity index (χ3n) is 7.36. The highest BCUT2D eigenvalue weighted by atomic mass is 19.1. The highest BCUT2D eigenvalue weighted by Crippen LogP contribution is 2.42. The molecule has 1 aliphatic rings. The van der Waals surface area contributed by atoms with Gasteiger partial charge in [-0.05, 0) is 78.7 Å². The number of fused-ring (bicyclic) bond motifs is 4. The van der Waals surface area contributed by atoms with Gasteiger partial charge in [-0.25, -0.2) is 4.39 Å².